The molecule has 2 unspecified atom stereocenters. The minimum Gasteiger partial charge on any atom is -0.249 e. The maximum absolute atomic E-state index is 11.9. The van der Waals surface area contributed by atoms with Crippen LogP contribution in [0.5, 0.6) is 0 Å². The number of thiazole rings is 1. The lowest BCUT2D eigenvalue weighted by Crippen LogP contribution is -2.37. The van der Waals surface area contributed by atoms with Crippen molar-refractivity contribution in [3.05, 3.63) is 11.2 Å². The zero-order chi connectivity index (χ0) is 11.8. The van der Waals surface area contributed by atoms with Crippen LogP contribution in [0.1, 0.15) is 24.3 Å². The molecule has 2 rings (SSSR count). The molecule has 0 radical (unpaired) electrons. The first kappa shape index (κ1) is 12.3. The van der Waals surface area contributed by atoms with Crippen molar-refractivity contribution < 1.29 is 8.42 Å². The highest BCUT2D eigenvalue weighted by Crippen LogP contribution is 2.26. The summed E-state index contributed by atoms with van der Waals surface area (Å²) in [4.78, 5) is 3.94. The van der Waals surface area contributed by atoms with E-state index in [1.54, 1.807) is 6.92 Å². The lowest BCUT2D eigenvalue weighted by Gasteiger charge is -2.14. The number of halogens is 1. The lowest BCUT2D eigenvalue weighted by atomic mass is 10.3. The number of nitrogens with one attached hydrogen (secondary N) is 1. The topological polar surface area (TPSA) is 59.1 Å². The summed E-state index contributed by atoms with van der Waals surface area (Å²) < 4.78 is 26.8. The summed E-state index contributed by atoms with van der Waals surface area (Å²) in [5.74, 6) is 0. The Kier molecular flexibility index (Phi) is 3.53. The summed E-state index contributed by atoms with van der Waals surface area (Å²) in [5, 5.41) is 0.651. The molecule has 90 valence electrons. The van der Waals surface area contributed by atoms with Gasteiger partial charge in [-0.25, -0.2) is 18.1 Å². The van der Waals surface area contributed by atoms with Gasteiger partial charge in [0.1, 0.15) is 0 Å². The fourth-order valence-electron chi connectivity index (χ4n) is 1.77. The van der Waals surface area contributed by atoms with Gasteiger partial charge in [0.2, 0.25) is 0 Å². The third-order valence-corrected chi connectivity index (χ3v) is 5.99. The monoisotopic (exact) mass is 280 g/mol. The molecule has 1 aliphatic rings. The van der Waals surface area contributed by atoms with E-state index < -0.39 is 10.0 Å². The second-order valence-corrected chi connectivity index (χ2v) is 7.61. The Morgan fingerprint density at radius 3 is 2.81 bits per heavy atom. The number of rotatable bonds is 3. The van der Waals surface area contributed by atoms with E-state index in [4.69, 9.17) is 11.6 Å². The summed E-state index contributed by atoms with van der Waals surface area (Å²) in [6, 6.07) is -0.144. The molecule has 4 nitrogen and oxygen atoms in total. The summed E-state index contributed by atoms with van der Waals surface area (Å²) in [7, 11) is -3.43. The van der Waals surface area contributed by atoms with Crippen molar-refractivity contribution in [1.82, 2.24) is 9.71 Å². The smallest absolute Gasteiger partial charge is 0.249 e. The molecule has 1 aromatic rings. The molecule has 0 spiro atoms. The average molecular weight is 281 g/mol. The normalized spacial score (nSPS) is 26.1. The Hall–Kier alpha value is -0.170. The number of hydrogen-bond acceptors (Lipinski definition) is 4. The van der Waals surface area contributed by atoms with Crippen molar-refractivity contribution in [1.29, 1.82) is 0 Å². The molecule has 1 fully saturated rings. The maximum Gasteiger partial charge on any atom is 0.251 e. The van der Waals surface area contributed by atoms with Crippen LogP contribution in [0.4, 0.5) is 0 Å². The summed E-state index contributed by atoms with van der Waals surface area (Å²) in [6.45, 7) is 1.78. The first-order valence-electron chi connectivity index (χ1n) is 5.08. The van der Waals surface area contributed by atoms with Gasteiger partial charge in [0, 0.05) is 11.4 Å². The van der Waals surface area contributed by atoms with E-state index in [1.165, 1.54) is 17.5 Å². The van der Waals surface area contributed by atoms with Crippen molar-refractivity contribution in [2.75, 3.05) is 0 Å². The molecule has 1 heterocycles. The van der Waals surface area contributed by atoms with Crippen molar-refractivity contribution in [2.24, 2.45) is 0 Å². The third-order valence-electron chi connectivity index (χ3n) is 2.60. The summed E-state index contributed by atoms with van der Waals surface area (Å²) in [6.07, 6.45) is 4.05. The minimum atomic E-state index is -3.43. The molecular weight excluding hydrogens is 268 g/mol. The minimum absolute atomic E-state index is 0.0937. The lowest BCUT2D eigenvalue weighted by molar-refractivity contribution is 0.555. The molecule has 0 saturated heterocycles. The van der Waals surface area contributed by atoms with Gasteiger partial charge in [-0.05, 0) is 19.8 Å². The van der Waals surface area contributed by atoms with Crippen molar-refractivity contribution in [3.8, 4) is 0 Å². The molecule has 1 N–H and O–H groups in total. The van der Waals surface area contributed by atoms with Crippen LogP contribution in [0.2, 0.25) is 0 Å². The number of hydrogen-bond donors (Lipinski definition) is 1. The number of aryl methyl sites for hydroxylation is 1. The first-order chi connectivity index (χ1) is 7.49. The van der Waals surface area contributed by atoms with E-state index >= 15 is 0 Å². The van der Waals surface area contributed by atoms with Crippen LogP contribution in [0, 0.1) is 6.92 Å². The fourth-order valence-corrected chi connectivity index (χ4v) is 4.62. The third kappa shape index (κ3) is 2.56. The van der Waals surface area contributed by atoms with Gasteiger partial charge < -0.3 is 0 Å². The van der Waals surface area contributed by atoms with Crippen LogP contribution in [-0.4, -0.2) is 24.8 Å². The molecule has 1 aromatic heterocycles. The average Bonchev–Trinajstić information content (AvgIpc) is 2.77. The summed E-state index contributed by atoms with van der Waals surface area (Å²) in [5.41, 5.74) is 0. The van der Waals surface area contributed by atoms with Crippen LogP contribution in [0.3, 0.4) is 0 Å². The van der Waals surface area contributed by atoms with E-state index in [1.807, 2.05) is 0 Å². The van der Waals surface area contributed by atoms with Gasteiger partial charge in [0.15, 0.2) is 4.21 Å². The van der Waals surface area contributed by atoms with Crippen molar-refractivity contribution >= 4 is 33.0 Å². The van der Waals surface area contributed by atoms with E-state index in [0.717, 1.165) is 24.3 Å². The van der Waals surface area contributed by atoms with Gasteiger partial charge in [-0.3, -0.25) is 0 Å². The predicted molar refractivity (Wildman–Crippen MR) is 64.5 cm³/mol. The maximum atomic E-state index is 11.9. The fraction of sp³-hybridized carbons (Fsp3) is 0.667. The van der Waals surface area contributed by atoms with E-state index in [0.29, 0.717) is 0 Å². The number of aromatic nitrogens is 1. The standard InChI is InChI=1S/C9H13ClN2O2S2/c1-6-11-5-9(15-6)16(13,14)12-8-4-2-3-7(8)10/h5,7-8,12H,2-4H2,1H3. The van der Waals surface area contributed by atoms with Crippen LogP contribution < -0.4 is 4.72 Å². The van der Waals surface area contributed by atoms with E-state index in [9.17, 15) is 8.42 Å². The molecule has 1 aliphatic carbocycles. The Bertz CT molecular complexity index is 472. The van der Waals surface area contributed by atoms with Crippen molar-refractivity contribution in [3.63, 3.8) is 0 Å². The molecule has 1 saturated carbocycles. The van der Waals surface area contributed by atoms with Crippen LogP contribution in [-0.2, 0) is 10.0 Å². The second-order valence-electron chi connectivity index (χ2n) is 3.87. The molecule has 0 aromatic carbocycles. The van der Waals surface area contributed by atoms with Gasteiger partial charge in [-0.15, -0.1) is 22.9 Å². The van der Waals surface area contributed by atoms with Crippen LogP contribution >= 0.6 is 22.9 Å². The predicted octanol–water partition coefficient (Wildman–Crippen LogP) is 1.89. The molecule has 2 atom stereocenters. The van der Waals surface area contributed by atoms with Crippen LogP contribution in [0.15, 0.2) is 10.4 Å². The molecule has 0 amide bonds. The SMILES string of the molecule is Cc1ncc(S(=O)(=O)NC2CCCC2Cl)s1. The van der Waals surface area contributed by atoms with Crippen LogP contribution in [0.25, 0.3) is 0 Å². The first-order valence-corrected chi connectivity index (χ1v) is 7.81. The Labute approximate surface area is 104 Å². The van der Waals surface area contributed by atoms with E-state index in [2.05, 4.69) is 9.71 Å². The van der Waals surface area contributed by atoms with Gasteiger partial charge >= 0.3 is 0 Å². The Morgan fingerprint density at radius 1 is 1.56 bits per heavy atom. The largest absolute Gasteiger partial charge is 0.251 e. The molecule has 0 bridgehead atoms. The number of nitrogens with zero attached hydrogens (tertiary/aromatic N) is 1. The molecular formula is C9H13ClN2O2S2. The Balaban J connectivity index is 2.14. The highest BCUT2D eigenvalue weighted by molar-refractivity contribution is 7.91. The Morgan fingerprint density at radius 2 is 2.31 bits per heavy atom. The second kappa shape index (κ2) is 4.60. The van der Waals surface area contributed by atoms with Gasteiger partial charge in [-0.1, -0.05) is 6.42 Å². The molecule has 7 heteroatoms. The highest BCUT2D eigenvalue weighted by Gasteiger charge is 2.30. The number of alkyl halides is 1. The molecule has 0 aliphatic heterocycles. The molecule has 16 heavy (non-hydrogen) atoms. The van der Waals surface area contributed by atoms with Crippen molar-refractivity contribution in [2.45, 2.75) is 41.8 Å². The zero-order valence-corrected chi connectivity index (χ0v) is 11.2. The van der Waals surface area contributed by atoms with Gasteiger partial charge in [0.05, 0.1) is 11.2 Å². The number of sulfonamides is 1. The summed E-state index contributed by atoms with van der Waals surface area (Å²) >= 11 is 7.21. The van der Waals surface area contributed by atoms with Gasteiger partial charge in [-0.2, -0.15) is 0 Å². The van der Waals surface area contributed by atoms with Gasteiger partial charge in [0.25, 0.3) is 10.0 Å². The zero-order valence-electron chi connectivity index (χ0n) is 8.81. The quantitative estimate of drug-likeness (QED) is 0.860. The highest BCUT2D eigenvalue weighted by atomic mass is 35.5. The van der Waals surface area contributed by atoms with E-state index in [-0.39, 0.29) is 15.6 Å².